The molecule has 24 heavy (non-hydrogen) atoms. The van der Waals surface area contributed by atoms with Gasteiger partial charge in [-0.25, -0.2) is 4.39 Å². The van der Waals surface area contributed by atoms with Crippen molar-refractivity contribution in [3.8, 4) is 0 Å². The summed E-state index contributed by atoms with van der Waals surface area (Å²) >= 11 is 0. The van der Waals surface area contributed by atoms with Crippen LogP contribution in [0.3, 0.4) is 0 Å². The second-order valence-electron chi connectivity index (χ2n) is 6.59. The summed E-state index contributed by atoms with van der Waals surface area (Å²) in [5, 5.41) is 0. The van der Waals surface area contributed by atoms with Gasteiger partial charge in [0.1, 0.15) is 5.82 Å². The number of amides is 1. The fourth-order valence-corrected chi connectivity index (χ4v) is 3.31. The molecule has 134 valence electrons. The molecule has 1 aliphatic heterocycles. The highest BCUT2D eigenvalue weighted by atomic mass is 19.1. The van der Waals surface area contributed by atoms with Crippen LogP contribution in [0, 0.1) is 5.82 Å². The zero-order chi connectivity index (χ0) is 17.5. The van der Waals surface area contributed by atoms with E-state index in [1.807, 2.05) is 24.1 Å². The molecular weight excluding hydrogens is 305 g/mol. The van der Waals surface area contributed by atoms with Crippen LogP contribution in [0.15, 0.2) is 24.3 Å². The lowest BCUT2D eigenvalue weighted by Gasteiger charge is -2.38. The zero-order valence-corrected chi connectivity index (χ0v) is 15.2. The van der Waals surface area contributed by atoms with Crippen molar-refractivity contribution in [1.29, 1.82) is 0 Å². The molecule has 0 bridgehead atoms. The smallest absolute Gasteiger partial charge is 0.236 e. The molecule has 1 amide bonds. The van der Waals surface area contributed by atoms with Crippen molar-refractivity contribution in [3.63, 3.8) is 0 Å². The van der Waals surface area contributed by atoms with Crippen LogP contribution in [0.25, 0.3) is 0 Å². The molecule has 1 fully saturated rings. The second kappa shape index (κ2) is 9.14. The van der Waals surface area contributed by atoms with Gasteiger partial charge in [0.2, 0.25) is 5.91 Å². The van der Waals surface area contributed by atoms with Crippen molar-refractivity contribution in [2.24, 2.45) is 0 Å². The van der Waals surface area contributed by atoms with E-state index in [0.717, 1.165) is 44.6 Å². The highest BCUT2D eigenvalue weighted by molar-refractivity contribution is 5.78. The number of rotatable bonds is 7. The van der Waals surface area contributed by atoms with E-state index in [4.69, 9.17) is 0 Å². The minimum atomic E-state index is -0.148. The lowest BCUT2D eigenvalue weighted by atomic mass is 10.0. The van der Waals surface area contributed by atoms with Gasteiger partial charge in [-0.05, 0) is 38.5 Å². The van der Waals surface area contributed by atoms with Crippen LogP contribution in [0.1, 0.15) is 32.3 Å². The van der Waals surface area contributed by atoms with Crippen molar-refractivity contribution in [2.75, 3.05) is 39.8 Å². The van der Waals surface area contributed by atoms with E-state index in [9.17, 15) is 9.18 Å². The number of hydrogen-bond donors (Lipinski definition) is 0. The Morgan fingerprint density at radius 3 is 2.67 bits per heavy atom. The summed E-state index contributed by atoms with van der Waals surface area (Å²) in [5.74, 6) is 0.0297. The Bertz CT molecular complexity index is 533. The van der Waals surface area contributed by atoms with Gasteiger partial charge in [0.05, 0.1) is 6.54 Å². The average Bonchev–Trinajstić information content (AvgIpc) is 2.61. The number of piperidine rings is 1. The Kier molecular flexibility index (Phi) is 7.18. The first-order chi connectivity index (χ1) is 11.5. The minimum Gasteiger partial charge on any atom is -0.340 e. The third-order valence-corrected chi connectivity index (χ3v) is 5.03. The Morgan fingerprint density at radius 2 is 2.00 bits per heavy atom. The number of carbonyl (C=O) groups is 1. The maximum atomic E-state index is 13.9. The number of likely N-dealkylation sites (N-methyl/N-ethyl adjacent to an activating group) is 2. The summed E-state index contributed by atoms with van der Waals surface area (Å²) in [6.45, 7) is 8.80. The van der Waals surface area contributed by atoms with E-state index in [0.29, 0.717) is 13.1 Å². The molecular formula is C19H30FN3O. The third kappa shape index (κ3) is 5.02. The van der Waals surface area contributed by atoms with Crippen LogP contribution in [0.2, 0.25) is 0 Å². The molecule has 1 heterocycles. The maximum Gasteiger partial charge on any atom is 0.236 e. The lowest BCUT2D eigenvalue weighted by molar-refractivity contribution is -0.134. The average molecular weight is 335 g/mol. The molecule has 2 rings (SSSR count). The predicted octanol–water partition coefficient (Wildman–Crippen LogP) is 2.59. The molecule has 1 atom stereocenters. The van der Waals surface area contributed by atoms with Crippen molar-refractivity contribution in [3.05, 3.63) is 35.6 Å². The molecule has 0 saturated carbocycles. The fourth-order valence-electron chi connectivity index (χ4n) is 3.31. The first-order valence-electron chi connectivity index (χ1n) is 8.98. The van der Waals surface area contributed by atoms with Crippen molar-refractivity contribution < 1.29 is 9.18 Å². The Hall–Kier alpha value is -1.46. The molecule has 0 aliphatic carbocycles. The predicted molar refractivity (Wildman–Crippen MR) is 95.3 cm³/mol. The summed E-state index contributed by atoms with van der Waals surface area (Å²) < 4.78 is 13.9. The van der Waals surface area contributed by atoms with E-state index in [2.05, 4.69) is 23.6 Å². The molecule has 0 aromatic heterocycles. The summed E-state index contributed by atoms with van der Waals surface area (Å²) in [6.07, 6.45) is 2.07. The van der Waals surface area contributed by atoms with Gasteiger partial charge in [-0.2, -0.15) is 0 Å². The zero-order valence-electron chi connectivity index (χ0n) is 15.2. The van der Waals surface area contributed by atoms with E-state index in [1.54, 1.807) is 6.07 Å². The monoisotopic (exact) mass is 335 g/mol. The van der Waals surface area contributed by atoms with Gasteiger partial charge >= 0.3 is 0 Å². The van der Waals surface area contributed by atoms with Crippen molar-refractivity contribution in [2.45, 2.75) is 39.3 Å². The van der Waals surface area contributed by atoms with Crippen molar-refractivity contribution in [1.82, 2.24) is 14.7 Å². The number of carbonyl (C=O) groups excluding carboxylic acids is 1. The molecule has 4 nitrogen and oxygen atoms in total. The van der Waals surface area contributed by atoms with Gasteiger partial charge in [-0.1, -0.05) is 32.0 Å². The summed E-state index contributed by atoms with van der Waals surface area (Å²) in [7, 11) is 1.91. The van der Waals surface area contributed by atoms with Gasteiger partial charge in [-0.15, -0.1) is 0 Å². The van der Waals surface area contributed by atoms with Crippen molar-refractivity contribution >= 4 is 5.91 Å². The van der Waals surface area contributed by atoms with Gasteiger partial charge in [0.15, 0.2) is 0 Å². The molecule has 0 unspecified atom stereocenters. The van der Waals surface area contributed by atoms with Crippen LogP contribution in [-0.4, -0.2) is 66.4 Å². The summed E-state index contributed by atoms with van der Waals surface area (Å²) in [5.41, 5.74) is 0.732. The van der Waals surface area contributed by atoms with Crippen LogP contribution < -0.4 is 0 Å². The topological polar surface area (TPSA) is 26.8 Å². The van der Waals surface area contributed by atoms with Crippen LogP contribution in [0.4, 0.5) is 4.39 Å². The molecule has 0 spiro atoms. The standard InChI is InChI=1S/C19H30FN3O/c1-4-22(5-2)15-19(24)21(3)17-10-8-12-23(14-17)13-16-9-6-7-11-18(16)20/h6-7,9,11,17H,4-5,8,10,12-15H2,1-3H3/t17-/m1/s1. The summed E-state index contributed by atoms with van der Waals surface area (Å²) in [4.78, 5) is 18.8. The molecule has 5 heteroatoms. The maximum absolute atomic E-state index is 13.9. The number of benzene rings is 1. The first-order valence-corrected chi connectivity index (χ1v) is 8.98. The Balaban J connectivity index is 1.92. The van der Waals surface area contributed by atoms with Gasteiger partial charge in [0, 0.05) is 31.7 Å². The van der Waals surface area contributed by atoms with Crippen LogP contribution in [-0.2, 0) is 11.3 Å². The van der Waals surface area contributed by atoms with E-state index >= 15 is 0 Å². The minimum absolute atomic E-state index is 0.148. The highest BCUT2D eigenvalue weighted by Crippen LogP contribution is 2.18. The number of halogens is 1. The number of likely N-dealkylation sites (tertiary alicyclic amines) is 1. The third-order valence-electron chi connectivity index (χ3n) is 5.03. The molecule has 1 saturated heterocycles. The van der Waals surface area contributed by atoms with E-state index < -0.39 is 0 Å². The molecule has 1 aromatic rings. The molecule has 0 N–H and O–H groups in total. The summed E-state index contributed by atoms with van der Waals surface area (Å²) in [6, 6.07) is 7.16. The van der Waals surface area contributed by atoms with Gasteiger partial charge in [-0.3, -0.25) is 14.6 Å². The van der Waals surface area contributed by atoms with Gasteiger partial charge in [0.25, 0.3) is 0 Å². The number of nitrogens with zero attached hydrogens (tertiary/aromatic N) is 3. The number of hydrogen-bond acceptors (Lipinski definition) is 3. The molecule has 1 aromatic carbocycles. The van der Waals surface area contributed by atoms with Crippen LogP contribution >= 0.6 is 0 Å². The van der Waals surface area contributed by atoms with Crippen LogP contribution in [0.5, 0.6) is 0 Å². The fraction of sp³-hybridized carbons (Fsp3) is 0.632. The lowest BCUT2D eigenvalue weighted by Crippen LogP contribution is -2.50. The van der Waals surface area contributed by atoms with Gasteiger partial charge < -0.3 is 4.90 Å². The first kappa shape index (κ1) is 18.9. The normalized spacial score (nSPS) is 18.8. The largest absolute Gasteiger partial charge is 0.340 e. The Labute approximate surface area is 145 Å². The Morgan fingerprint density at radius 1 is 1.29 bits per heavy atom. The highest BCUT2D eigenvalue weighted by Gasteiger charge is 2.26. The van der Waals surface area contributed by atoms with E-state index in [-0.39, 0.29) is 17.8 Å². The molecule has 0 radical (unpaired) electrons. The SMILES string of the molecule is CCN(CC)CC(=O)N(C)[C@@H]1CCCN(Cc2ccccc2F)C1. The quantitative estimate of drug-likeness (QED) is 0.766. The second-order valence-corrected chi connectivity index (χ2v) is 6.59. The van der Waals surface area contributed by atoms with E-state index in [1.165, 1.54) is 6.07 Å². The molecule has 1 aliphatic rings.